The lowest BCUT2D eigenvalue weighted by molar-refractivity contribution is -0.142. The number of nitrogens with zero attached hydrogens (tertiary/aromatic N) is 1. The number of carbonyl (C=O) groups excluding carboxylic acids is 2. The first-order valence-corrected chi connectivity index (χ1v) is 8.00. The van der Waals surface area contributed by atoms with E-state index in [-0.39, 0.29) is 17.9 Å². The largest absolute Gasteiger partial charge is 0.481 e. The number of nitrogens with one attached hydrogen (secondary N) is 1. The number of amides is 2. The van der Waals surface area contributed by atoms with E-state index < -0.39 is 11.9 Å². The molecule has 6 heteroatoms. The summed E-state index contributed by atoms with van der Waals surface area (Å²) in [5.74, 6) is -1.58. The zero-order valence-electron chi connectivity index (χ0n) is 12.8. The lowest BCUT2D eigenvalue weighted by Crippen LogP contribution is -2.40. The van der Waals surface area contributed by atoms with Crippen LogP contribution in [0.15, 0.2) is 24.3 Å². The Bertz CT molecular complexity index is 643. The third-order valence-electron chi connectivity index (χ3n) is 4.64. The first-order valence-electron chi connectivity index (χ1n) is 8.00. The molecule has 0 unspecified atom stereocenters. The number of carboxylic acid groups (broad SMARTS) is 1. The van der Waals surface area contributed by atoms with Gasteiger partial charge < -0.3 is 15.3 Å². The molecule has 1 aromatic rings. The Morgan fingerprint density at radius 1 is 1.22 bits per heavy atom. The van der Waals surface area contributed by atoms with Crippen LogP contribution in [0.2, 0.25) is 0 Å². The third-order valence-corrected chi connectivity index (χ3v) is 4.64. The summed E-state index contributed by atoms with van der Waals surface area (Å²) in [6.45, 7) is 0.674. The van der Waals surface area contributed by atoms with Crippen LogP contribution in [0.5, 0.6) is 0 Å². The minimum Gasteiger partial charge on any atom is -0.481 e. The van der Waals surface area contributed by atoms with E-state index in [1.165, 1.54) is 0 Å². The van der Waals surface area contributed by atoms with Gasteiger partial charge in [-0.05, 0) is 37.5 Å². The summed E-state index contributed by atoms with van der Waals surface area (Å²) in [6, 6.07) is 6.62. The van der Waals surface area contributed by atoms with Gasteiger partial charge in [0.2, 0.25) is 5.91 Å². The molecule has 3 rings (SSSR count). The second-order valence-electron chi connectivity index (χ2n) is 6.15. The average Bonchev–Trinajstić information content (AvgIpc) is 3.16. The van der Waals surface area contributed by atoms with Crippen molar-refractivity contribution in [2.45, 2.75) is 38.1 Å². The number of aliphatic carboxylic acids is 1. The fourth-order valence-corrected chi connectivity index (χ4v) is 3.42. The Labute approximate surface area is 134 Å². The Balaban J connectivity index is 1.72. The minimum atomic E-state index is -0.857. The van der Waals surface area contributed by atoms with Crippen molar-refractivity contribution < 1.29 is 19.5 Å². The van der Waals surface area contributed by atoms with Crippen molar-refractivity contribution in [2.24, 2.45) is 5.92 Å². The zero-order chi connectivity index (χ0) is 16.4. The summed E-state index contributed by atoms with van der Waals surface area (Å²) in [5.41, 5.74) is 1.18. The van der Waals surface area contributed by atoms with Crippen molar-refractivity contribution >= 4 is 23.5 Å². The van der Waals surface area contributed by atoms with Gasteiger partial charge in [-0.25, -0.2) is 0 Å². The molecule has 122 valence electrons. The average molecular weight is 316 g/mol. The van der Waals surface area contributed by atoms with Crippen LogP contribution < -0.4 is 10.2 Å². The van der Waals surface area contributed by atoms with Crippen molar-refractivity contribution in [1.82, 2.24) is 5.32 Å². The van der Waals surface area contributed by atoms with Gasteiger partial charge in [-0.15, -0.1) is 0 Å². The summed E-state index contributed by atoms with van der Waals surface area (Å²) in [5, 5.41) is 12.0. The van der Waals surface area contributed by atoms with Crippen LogP contribution in [0, 0.1) is 5.92 Å². The lowest BCUT2D eigenvalue weighted by atomic mass is 10.0. The predicted octanol–water partition coefficient (Wildman–Crippen LogP) is 1.80. The number of carboxylic acids is 1. The summed E-state index contributed by atoms with van der Waals surface area (Å²) < 4.78 is 0. The van der Waals surface area contributed by atoms with Crippen LogP contribution in [0.25, 0.3) is 0 Å². The van der Waals surface area contributed by atoms with Crippen LogP contribution in [0.4, 0.5) is 5.69 Å². The molecule has 1 saturated carbocycles. The highest BCUT2D eigenvalue weighted by Gasteiger charge is 2.34. The maximum Gasteiger partial charge on any atom is 0.308 e. The van der Waals surface area contributed by atoms with E-state index in [0.29, 0.717) is 31.4 Å². The minimum absolute atomic E-state index is 0.0734. The molecule has 6 nitrogen and oxygen atoms in total. The molecule has 1 aliphatic heterocycles. The molecule has 2 amide bonds. The van der Waals surface area contributed by atoms with Crippen LogP contribution in [0.1, 0.15) is 42.5 Å². The van der Waals surface area contributed by atoms with E-state index in [1.54, 1.807) is 23.1 Å². The molecule has 23 heavy (non-hydrogen) atoms. The van der Waals surface area contributed by atoms with Gasteiger partial charge in [-0.3, -0.25) is 14.4 Å². The van der Waals surface area contributed by atoms with Gasteiger partial charge in [0.15, 0.2) is 0 Å². The van der Waals surface area contributed by atoms with Crippen LogP contribution >= 0.6 is 0 Å². The quantitative estimate of drug-likeness (QED) is 0.887. The topological polar surface area (TPSA) is 86.7 Å². The highest BCUT2D eigenvalue weighted by molar-refractivity contribution is 5.99. The van der Waals surface area contributed by atoms with E-state index in [4.69, 9.17) is 0 Å². The van der Waals surface area contributed by atoms with E-state index in [2.05, 4.69) is 5.32 Å². The molecule has 0 aromatic heterocycles. The molecule has 2 aliphatic rings. The monoisotopic (exact) mass is 316 g/mol. The standard InChI is InChI=1S/C17H20N2O4/c20-15-8-3-9-19(15)12-5-1-4-11(10-12)16(21)18-14-7-2-6-13(14)17(22)23/h1,4-5,10,13-14H,2-3,6-9H2,(H,18,21)(H,22,23)/t13-,14+/m1/s1. The number of carbonyl (C=O) groups is 3. The lowest BCUT2D eigenvalue weighted by Gasteiger charge is -2.19. The highest BCUT2D eigenvalue weighted by atomic mass is 16.4. The van der Waals surface area contributed by atoms with Gasteiger partial charge in [0.05, 0.1) is 5.92 Å². The molecule has 0 bridgehead atoms. The summed E-state index contributed by atoms with van der Waals surface area (Å²) >= 11 is 0. The fourth-order valence-electron chi connectivity index (χ4n) is 3.42. The molecule has 2 atom stereocenters. The molecule has 1 heterocycles. The van der Waals surface area contributed by atoms with E-state index >= 15 is 0 Å². The summed E-state index contributed by atoms with van der Waals surface area (Å²) in [4.78, 5) is 37.1. The van der Waals surface area contributed by atoms with Gasteiger partial charge in [0.1, 0.15) is 0 Å². The van der Waals surface area contributed by atoms with Gasteiger partial charge in [0, 0.05) is 30.3 Å². The van der Waals surface area contributed by atoms with Crippen molar-refractivity contribution in [2.75, 3.05) is 11.4 Å². The number of anilines is 1. The Kier molecular flexibility index (Phi) is 4.32. The van der Waals surface area contributed by atoms with Gasteiger partial charge in [-0.2, -0.15) is 0 Å². The van der Waals surface area contributed by atoms with Crippen molar-refractivity contribution in [3.05, 3.63) is 29.8 Å². The Morgan fingerprint density at radius 2 is 2.04 bits per heavy atom. The molecule has 1 aromatic carbocycles. The zero-order valence-corrected chi connectivity index (χ0v) is 12.8. The molecule has 0 radical (unpaired) electrons. The molecule has 1 aliphatic carbocycles. The van der Waals surface area contributed by atoms with Gasteiger partial charge in [0.25, 0.3) is 5.91 Å². The molecular formula is C17H20N2O4. The normalized spacial score (nSPS) is 24.0. The molecule has 0 spiro atoms. The number of hydrogen-bond acceptors (Lipinski definition) is 3. The van der Waals surface area contributed by atoms with Crippen LogP contribution in [-0.2, 0) is 9.59 Å². The second kappa shape index (κ2) is 6.40. The second-order valence-corrected chi connectivity index (χ2v) is 6.15. The Hall–Kier alpha value is -2.37. The summed E-state index contributed by atoms with van der Waals surface area (Å²) in [6.07, 6.45) is 3.47. The maximum atomic E-state index is 12.4. The van der Waals surface area contributed by atoms with E-state index in [1.807, 2.05) is 6.07 Å². The van der Waals surface area contributed by atoms with Crippen LogP contribution in [-0.4, -0.2) is 35.5 Å². The molecule has 2 fully saturated rings. The summed E-state index contributed by atoms with van der Waals surface area (Å²) in [7, 11) is 0. The number of rotatable bonds is 4. The molecular weight excluding hydrogens is 296 g/mol. The Morgan fingerprint density at radius 3 is 2.74 bits per heavy atom. The molecule has 2 N–H and O–H groups in total. The van der Waals surface area contributed by atoms with Crippen molar-refractivity contribution in [3.63, 3.8) is 0 Å². The first-order chi connectivity index (χ1) is 11.1. The fraction of sp³-hybridized carbons (Fsp3) is 0.471. The highest BCUT2D eigenvalue weighted by Crippen LogP contribution is 2.27. The van der Waals surface area contributed by atoms with Gasteiger partial charge in [-0.1, -0.05) is 12.5 Å². The van der Waals surface area contributed by atoms with E-state index in [9.17, 15) is 19.5 Å². The third kappa shape index (κ3) is 3.21. The number of hydrogen-bond donors (Lipinski definition) is 2. The first kappa shape index (κ1) is 15.5. The smallest absolute Gasteiger partial charge is 0.308 e. The number of benzene rings is 1. The predicted molar refractivity (Wildman–Crippen MR) is 84.3 cm³/mol. The SMILES string of the molecule is O=C(N[C@H]1CCC[C@H]1C(=O)O)c1cccc(N2CCCC2=O)c1. The maximum absolute atomic E-state index is 12.4. The van der Waals surface area contributed by atoms with E-state index in [0.717, 1.165) is 18.5 Å². The van der Waals surface area contributed by atoms with Crippen molar-refractivity contribution in [3.8, 4) is 0 Å². The van der Waals surface area contributed by atoms with Crippen LogP contribution in [0.3, 0.4) is 0 Å². The molecule has 1 saturated heterocycles. The van der Waals surface area contributed by atoms with Gasteiger partial charge >= 0.3 is 5.97 Å². The van der Waals surface area contributed by atoms with Crippen molar-refractivity contribution in [1.29, 1.82) is 0 Å².